The average Bonchev–Trinajstić information content (AvgIpc) is 3.71. The van der Waals surface area contributed by atoms with E-state index < -0.39 is 0 Å². The van der Waals surface area contributed by atoms with Crippen LogP contribution in [0.5, 0.6) is 0 Å². The highest BCUT2D eigenvalue weighted by atomic mass is 32.2. The number of fused-ring (bicyclic) bond motifs is 6. The molecular weight excluding hydrogens is 735 g/mol. The van der Waals surface area contributed by atoms with E-state index in [1.165, 1.54) is 99.7 Å². The highest BCUT2D eigenvalue weighted by Gasteiger charge is 2.65. The first-order chi connectivity index (χ1) is 27.7. The highest BCUT2D eigenvalue weighted by Crippen LogP contribution is 2.67. The van der Waals surface area contributed by atoms with Crippen molar-refractivity contribution in [2.75, 3.05) is 0 Å². The van der Waals surface area contributed by atoms with Crippen molar-refractivity contribution in [3.05, 3.63) is 152 Å². The molecule has 0 bridgehead atoms. The topological polar surface area (TPSA) is 30.2 Å². The van der Waals surface area contributed by atoms with Crippen molar-refractivity contribution in [1.82, 2.24) is 9.55 Å². The van der Waals surface area contributed by atoms with E-state index >= 15 is 0 Å². The molecule has 3 nitrogen and oxygen atoms in total. The number of pyridine rings is 1. The maximum Gasteiger partial charge on any atom is 0.0995 e. The minimum atomic E-state index is -0.287. The van der Waals surface area contributed by atoms with Gasteiger partial charge in [-0.05, 0) is 183 Å². The van der Waals surface area contributed by atoms with Crippen LogP contribution in [0.2, 0.25) is 0 Å². The summed E-state index contributed by atoms with van der Waals surface area (Å²) in [5.41, 5.74) is 22.4. The van der Waals surface area contributed by atoms with Gasteiger partial charge in [-0.2, -0.15) is 0 Å². The minimum Gasteiger partial charge on any atom is -0.309 e. The van der Waals surface area contributed by atoms with Crippen LogP contribution in [-0.4, -0.2) is 20.1 Å². The van der Waals surface area contributed by atoms with Crippen LogP contribution in [0.4, 0.5) is 0 Å². The number of benzene rings is 5. The number of aromatic nitrogens is 2. The molecule has 0 N–H and O–H groups in total. The normalized spacial score (nSPS) is 19.1. The van der Waals surface area contributed by atoms with E-state index in [2.05, 4.69) is 186 Å². The SMILES string of the molecule is Cc1cc(C)c(-c2cc(C3=N[C@]4(C)Cc5cc(C)c(C)cc5[C@]4(C(C)(C)C)S3)cc(-n3c4ccc(C)cc4c4cc(C)c(-c5cc(C(C)(C)C)ccn5)cc43)c2)c(C)c1. The Labute approximate surface area is 356 Å². The second-order valence-corrected chi connectivity index (χ2v) is 21.5. The summed E-state index contributed by atoms with van der Waals surface area (Å²) in [6.45, 7) is 32.2. The molecular formula is C55H59N3S. The Morgan fingerprint density at radius 1 is 0.627 bits per heavy atom. The van der Waals surface area contributed by atoms with Crippen molar-refractivity contribution < 1.29 is 0 Å². The molecule has 5 aromatic carbocycles. The monoisotopic (exact) mass is 793 g/mol. The van der Waals surface area contributed by atoms with E-state index in [1.54, 1.807) is 0 Å². The fourth-order valence-electron chi connectivity index (χ4n) is 10.8. The summed E-state index contributed by atoms with van der Waals surface area (Å²) in [4.78, 5) is 10.8. The van der Waals surface area contributed by atoms with Gasteiger partial charge in [-0.3, -0.25) is 9.98 Å². The molecule has 0 radical (unpaired) electrons. The molecule has 1 aliphatic carbocycles. The first-order valence-corrected chi connectivity index (χ1v) is 22.2. The van der Waals surface area contributed by atoms with Crippen molar-refractivity contribution in [2.24, 2.45) is 10.4 Å². The summed E-state index contributed by atoms with van der Waals surface area (Å²) in [5, 5.41) is 3.66. The molecule has 300 valence electrons. The van der Waals surface area contributed by atoms with Crippen LogP contribution in [-0.2, 0) is 16.6 Å². The highest BCUT2D eigenvalue weighted by molar-refractivity contribution is 8.15. The van der Waals surface area contributed by atoms with Gasteiger partial charge in [-0.25, -0.2) is 0 Å². The number of aryl methyl sites for hydroxylation is 7. The molecule has 3 heterocycles. The van der Waals surface area contributed by atoms with Gasteiger partial charge in [0.25, 0.3) is 0 Å². The molecule has 59 heavy (non-hydrogen) atoms. The summed E-state index contributed by atoms with van der Waals surface area (Å²) in [5.74, 6) is 0. The van der Waals surface area contributed by atoms with Crippen LogP contribution >= 0.6 is 11.8 Å². The lowest BCUT2D eigenvalue weighted by atomic mass is 9.68. The predicted molar refractivity (Wildman–Crippen MR) is 255 cm³/mol. The molecule has 1 aliphatic heterocycles. The number of hydrogen-bond acceptors (Lipinski definition) is 3. The fourth-order valence-corrected chi connectivity index (χ4v) is 12.5. The molecule has 9 rings (SSSR count). The molecule has 0 unspecified atom stereocenters. The molecule has 4 heteroatoms. The molecule has 2 aromatic heterocycles. The van der Waals surface area contributed by atoms with Gasteiger partial charge in [0.2, 0.25) is 0 Å². The molecule has 2 aliphatic rings. The van der Waals surface area contributed by atoms with Crippen molar-refractivity contribution in [2.45, 2.75) is 119 Å². The maximum absolute atomic E-state index is 5.87. The van der Waals surface area contributed by atoms with Gasteiger partial charge < -0.3 is 4.57 Å². The van der Waals surface area contributed by atoms with E-state index in [4.69, 9.17) is 9.98 Å². The van der Waals surface area contributed by atoms with Crippen LogP contribution in [0.3, 0.4) is 0 Å². The Bertz CT molecular complexity index is 2920. The Balaban J connectivity index is 1.33. The first kappa shape index (κ1) is 39.5. The lowest BCUT2D eigenvalue weighted by Crippen LogP contribution is -2.49. The summed E-state index contributed by atoms with van der Waals surface area (Å²) < 4.78 is 2.30. The van der Waals surface area contributed by atoms with Gasteiger partial charge in [0.15, 0.2) is 0 Å². The summed E-state index contributed by atoms with van der Waals surface area (Å²) in [6, 6.07) is 33.0. The summed E-state index contributed by atoms with van der Waals surface area (Å²) in [7, 11) is 0. The second-order valence-electron chi connectivity index (χ2n) is 20.3. The molecule has 2 atom stereocenters. The predicted octanol–water partition coefficient (Wildman–Crippen LogP) is 14.7. The largest absolute Gasteiger partial charge is 0.309 e. The summed E-state index contributed by atoms with van der Waals surface area (Å²) >= 11 is 2.01. The maximum atomic E-state index is 5.87. The van der Waals surface area contributed by atoms with E-state index in [0.717, 1.165) is 22.8 Å². The number of aliphatic imine (C=N–C) groups is 1. The van der Waals surface area contributed by atoms with Crippen LogP contribution in [0.1, 0.15) is 110 Å². The number of thioether (sulfide) groups is 1. The quantitative estimate of drug-likeness (QED) is 0.178. The van der Waals surface area contributed by atoms with Crippen molar-refractivity contribution >= 4 is 38.6 Å². The Kier molecular flexibility index (Phi) is 8.90. The van der Waals surface area contributed by atoms with Crippen LogP contribution in [0, 0.1) is 53.9 Å². The van der Waals surface area contributed by atoms with Gasteiger partial charge in [-0.1, -0.05) is 94.8 Å². The van der Waals surface area contributed by atoms with Gasteiger partial charge in [-0.15, -0.1) is 0 Å². The summed E-state index contributed by atoms with van der Waals surface area (Å²) in [6.07, 6.45) is 2.92. The molecule has 7 aromatic rings. The van der Waals surface area contributed by atoms with E-state index in [9.17, 15) is 0 Å². The lowest BCUT2D eigenvalue weighted by molar-refractivity contribution is 0.203. The third-order valence-corrected chi connectivity index (χ3v) is 15.7. The second kappa shape index (κ2) is 13.3. The lowest BCUT2D eigenvalue weighted by Gasteiger charge is -2.46. The van der Waals surface area contributed by atoms with Gasteiger partial charge in [0.1, 0.15) is 0 Å². The molecule has 0 fully saturated rings. The van der Waals surface area contributed by atoms with Gasteiger partial charge in [0, 0.05) is 33.8 Å². The minimum absolute atomic E-state index is 0.0210. The van der Waals surface area contributed by atoms with Crippen molar-refractivity contribution in [3.63, 3.8) is 0 Å². The van der Waals surface area contributed by atoms with Crippen molar-refractivity contribution in [3.8, 4) is 28.1 Å². The van der Waals surface area contributed by atoms with Gasteiger partial charge >= 0.3 is 0 Å². The third kappa shape index (κ3) is 6.06. The van der Waals surface area contributed by atoms with E-state index in [1.807, 2.05) is 18.0 Å². The van der Waals surface area contributed by atoms with Gasteiger partial charge in [0.05, 0.1) is 32.1 Å². The number of hydrogen-bond donors (Lipinski definition) is 0. The number of nitrogens with zero attached hydrogens (tertiary/aromatic N) is 3. The average molecular weight is 794 g/mol. The Morgan fingerprint density at radius 2 is 1.31 bits per heavy atom. The molecule has 0 spiro atoms. The molecule has 0 amide bonds. The molecule has 0 saturated carbocycles. The van der Waals surface area contributed by atoms with E-state index in [-0.39, 0.29) is 21.1 Å². The zero-order chi connectivity index (χ0) is 42.1. The van der Waals surface area contributed by atoms with Crippen LogP contribution in [0.25, 0.3) is 49.9 Å². The van der Waals surface area contributed by atoms with Crippen LogP contribution < -0.4 is 0 Å². The third-order valence-electron chi connectivity index (χ3n) is 13.6. The first-order valence-electron chi connectivity index (χ1n) is 21.3. The van der Waals surface area contributed by atoms with E-state index in [0.29, 0.717) is 0 Å². The standard InChI is InChI=1S/C55H59N3S/c1-31-15-16-48-44(21-31)45-23-35(5)43(47-28-41(17-18-56-47)52(8,9)10)29-49(45)58(48)42-26-38(50-36(6)19-32(2)20-37(50)7)25-39(27-42)51-57-54(14)30-40-22-33(3)34(4)24-46(40)55(54,59-51)53(11,12)13/h15-29H,30H2,1-14H3/t54-,55-/m1/s1. The Morgan fingerprint density at radius 3 is 2.00 bits per heavy atom. The van der Waals surface area contributed by atoms with Crippen molar-refractivity contribution in [1.29, 1.82) is 0 Å². The fraction of sp³-hybridized carbons (Fsp3) is 0.345. The zero-order valence-electron chi connectivity index (χ0n) is 37.6. The molecule has 0 saturated heterocycles. The number of rotatable bonds is 4. The smallest absolute Gasteiger partial charge is 0.0995 e. The zero-order valence-corrected chi connectivity index (χ0v) is 38.4. The Hall–Kier alpha value is -4.93. The van der Waals surface area contributed by atoms with Crippen LogP contribution in [0.15, 0.2) is 96.1 Å².